The average Bonchev–Trinajstić information content (AvgIpc) is 2.45. The van der Waals surface area contributed by atoms with E-state index in [1.165, 1.54) is 11.1 Å². The van der Waals surface area contributed by atoms with Gasteiger partial charge in [-0.25, -0.2) is 9.97 Å². The van der Waals surface area contributed by atoms with Crippen LogP contribution in [0.25, 0.3) is 0 Å². The molecule has 2 nitrogen and oxygen atoms in total. The van der Waals surface area contributed by atoms with Crippen LogP contribution in [0.3, 0.4) is 0 Å². The summed E-state index contributed by atoms with van der Waals surface area (Å²) in [5.74, 6) is 0. The maximum atomic E-state index is 5.02. The van der Waals surface area contributed by atoms with Crippen LogP contribution >= 0.6 is 48.5 Å². The molecule has 0 aliphatic carbocycles. The van der Waals surface area contributed by atoms with Gasteiger partial charge in [-0.3, -0.25) is 0 Å². The standard InChI is InChI=1S/2C9H13N.5ClH.Ru/c2*1-9(2,3)8-4-6-10-7-5-8;;;;;;/h2*4-7H,1-3H3;5*1H;/q;;;;;;;+3/p-3. The third-order valence-corrected chi connectivity index (χ3v) is 3.17. The molecule has 0 atom stereocenters. The molecule has 2 heterocycles. The molecule has 0 aliphatic rings. The Morgan fingerprint density at radius 2 is 0.769 bits per heavy atom. The quantitative estimate of drug-likeness (QED) is 0.315. The summed E-state index contributed by atoms with van der Waals surface area (Å²) in [6.45, 7) is 13.3. The van der Waals surface area contributed by atoms with Crippen molar-refractivity contribution in [3.05, 3.63) is 60.2 Å². The van der Waals surface area contributed by atoms with Gasteiger partial charge in [0.15, 0.2) is 24.8 Å². The molecule has 0 saturated heterocycles. The Labute approximate surface area is 178 Å². The molecule has 2 rings (SSSR count). The van der Waals surface area contributed by atoms with Gasteiger partial charge in [0.1, 0.15) is 0 Å². The summed E-state index contributed by atoms with van der Waals surface area (Å²) in [7, 11) is 21.0. The number of hydrogen-bond donors (Lipinski definition) is 0. The minimum atomic E-state index is -4.11. The second-order valence-electron chi connectivity index (χ2n) is 7.58. The summed E-state index contributed by atoms with van der Waals surface area (Å²) in [5, 5.41) is 0. The molecule has 2 N–H and O–H groups in total. The van der Waals surface area contributed by atoms with E-state index in [-0.39, 0.29) is 10.8 Å². The molecule has 8 heteroatoms. The Balaban J connectivity index is 0.000000375. The van der Waals surface area contributed by atoms with Gasteiger partial charge in [-0.1, -0.05) is 41.5 Å². The molecule has 0 amide bonds. The number of H-pyrrole nitrogens is 2. The van der Waals surface area contributed by atoms with Gasteiger partial charge in [-0.05, 0) is 22.0 Å². The number of aromatic amines is 2. The molecule has 0 aromatic carbocycles. The molecule has 26 heavy (non-hydrogen) atoms. The van der Waals surface area contributed by atoms with Crippen molar-refractivity contribution >= 4 is 48.5 Å². The minimum absolute atomic E-state index is 0.273. The average molecular weight is 551 g/mol. The van der Waals surface area contributed by atoms with Crippen LogP contribution in [0.5, 0.6) is 0 Å². The van der Waals surface area contributed by atoms with E-state index in [1.807, 2.05) is 24.8 Å². The second-order valence-corrected chi connectivity index (χ2v) is 34.0. The van der Waals surface area contributed by atoms with Gasteiger partial charge in [0, 0.05) is 24.3 Å². The van der Waals surface area contributed by atoms with Gasteiger partial charge in [-0.15, -0.1) is 0 Å². The van der Waals surface area contributed by atoms with Crippen LogP contribution in [0.1, 0.15) is 52.7 Å². The fourth-order valence-corrected chi connectivity index (χ4v) is 1.77. The summed E-state index contributed by atoms with van der Waals surface area (Å²) < 4.78 is 0. The first-order chi connectivity index (χ1) is 11.4. The Morgan fingerprint density at radius 3 is 0.885 bits per heavy atom. The summed E-state index contributed by atoms with van der Waals surface area (Å²) in [6, 6.07) is 8.44. The summed E-state index contributed by atoms with van der Waals surface area (Å²) >= 11 is 0. The number of hydrogen-bond acceptors (Lipinski definition) is 0. The van der Waals surface area contributed by atoms with Gasteiger partial charge in [0.25, 0.3) is 0 Å². The molecule has 0 unspecified atom stereocenters. The molecule has 2 aromatic rings. The van der Waals surface area contributed by atoms with Crippen LogP contribution in [0.15, 0.2) is 49.1 Å². The third kappa shape index (κ3) is 16.5. The molecule has 0 bridgehead atoms. The van der Waals surface area contributed by atoms with E-state index in [9.17, 15) is 0 Å². The molecule has 0 fully saturated rings. The normalized spacial score (nSPS) is 13.3. The maximum absolute atomic E-state index is 5.02. The van der Waals surface area contributed by atoms with E-state index < -0.39 is 8.65 Å². The monoisotopic (exact) mass is 549 g/mol. The van der Waals surface area contributed by atoms with Crippen LogP contribution in [0, 0.1) is 0 Å². The van der Waals surface area contributed by atoms with Crippen LogP contribution in [0.4, 0.5) is 0 Å². The van der Waals surface area contributed by atoms with Crippen LogP contribution in [0.2, 0.25) is 0 Å². The zero-order valence-electron chi connectivity index (χ0n) is 15.9. The molecule has 0 aliphatic heterocycles. The Hall–Kier alpha value is 0.373. The van der Waals surface area contributed by atoms with Crippen molar-refractivity contribution in [1.29, 1.82) is 0 Å². The van der Waals surface area contributed by atoms with E-state index in [4.69, 9.17) is 48.5 Å². The van der Waals surface area contributed by atoms with Gasteiger partial charge in [-0.2, -0.15) is 0 Å². The Morgan fingerprint density at radius 1 is 0.577 bits per heavy atom. The summed E-state index contributed by atoms with van der Waals surface area (Å²) in [6.07, 6.45) is 7.84. The summed E-state index contributed by atoms with van der Waals surface area (Å²) in [4.78, 5) is 6.01. The number of nitrogens with one attached hydrogen (secondary N) is 2. The van der Waals surface area contributed by atoms with Crippen molar-refractivity contribution in [2.24, 2.45) is 0 Å². The predicted octanol–water partition coefficient (Wildman–Crippen LogP) is 7.04. The van der Waals surface area contributed by atoms with E-state index in [0.29, 0.717) is 0 Å². The fraction of sp³-hybridized carbons (Fsp3) is 0.444. The molecule has 153 valence electrons. The van der Waals surface area contributed by atoms with Gasteiger partial charge >= 0.3 is 57.1 Å². The molecule has 0 radical (unpaired) electrons. The van der Waals surface area contributed by atoms with Crippen LogP contribution in [-0.4, -0.2) is 0 Å². The molecule has 0 spiro atoms. The van der Waals surface area contributed by atoms with Crippen molar-refractivity contribution in [1.82, 2.24) is 0 Å². The number of rotatable bonds is 0. The number of aromatic nitrogens is 2. The molecular formula is C18H28Cl5N2Ru. The van der Waals surface area contributed by atoms with Gasteiger partial charge < -0.3 is 0 Å². The van der Waals surface area contributed by atoms with E-state index in [1.54, 1.807) is 0 Å². The predicted molar refractivity (Wildman–Crippen MR) is 113 cm³/mol. The SMILES string of the molecule is CC(C)(C)c1cc[nH+]cc1.CC(C)(C)c1cc[nH+]cc1.[Cl][Ru-2]([Cl])([Cl])([Cl])[Cl]. The van der Waals surface area contributed by atoms with Crippen molar-refractivity contribution in [2.75, 3.05) is 0 Å². The van der Waals surface area contributed by atoms with Gasteiger partial charge in [0.2, 0.25) is 0 Å². The first-order valence-corrected chi connectivity index (χ1v) is 19.0. The van der Waals surface area contributed by atoms with Crippen molar-refractivity contribution in [3.63, 3.8) is 0 Å². The van der Waals surface area contributed by atoms with E-state index >= 15 is 0 Å². The van der Waals surface area contributed by atoms with Crippen molar-refractivity contribution in [3.8, 4) is 0 Å². The zero-order chi connectivity index (χ0) is 20.7. The topological polar surface area (TPSA) is 28.3 Å². The Bertz CT molecular complexity index is 576. The number of halogens is 5. The Kier molecular flexibility index (Phi) is 10.4. The first kappa shape index (κ1) is 26.4. The first-order valence-electron chi connectivity index (χ1n) is 7.81. The molecule has 0 saturated carbocycles. The fourth-order valence-electron chi connectivity index (χ4n) is 1.77. The van der Waals surface area contributed by atoms with Crippen molar-refractivity contribution < 1.29 is 18.6 Å². The zero-order valence-corrected chi connectivity index (χ0v) is 21.4. The van der Waals surface area contributed by atoms with E-state index in [2.05, 4.69) is 75.8 Å². The van der Waals surface area contributed by atoms with E-state index in [0.717, 1.165) is 0 Å². The third-order valence-electron chi connectivity index (χ3n) is 3.17. The van der Waals surface area contributed by atoms with Gasteiger partial charge in [0.05, 0.1) is 0 Å². The second kappa shape index (κ2) is 10.2. The van der Waals surface area contributed by atoms with Crippen LogP contribution in [-0.2, 0) is 19.5 Å². The van der Waals surface area contributed by atoms with Crippen molar-refractivity contribution in [2.45, 2.75) is 52.4 Å². The molecule has 2 aromatic heterocycles. The number of pyridine rings is 2. The summed E-state index contributed by atoms with van der Waals surface area (Å²) in [5.41, 5.74) is 3.28. The molecular weight excluding hydrogens is 523 g/mol. The van der Waals surface area contributed by atoms with Crippen LogP contribution < -0.4 is 9.97 Å².